The Morgan fingerprint density at radius 2 is 2.11 bits per heavy atom. The van der Waals surface area contributed by atoms with Crippen molar-refractivity contribution in [1.29, 1.82) is 0 Å². The molecule has 3 nitrogen and oxygen atoms in total. The number of rotatable bonds is 2. The molecule has 0 spiro atoms. The standard InChI is InChI=1S/C15H16FNO2/c16-14-7-6-12(5-1-4-10-18)11-13(14)15(19)17-8-2-3-9-17/h6-7,11,18H,2-4,8-10H2. The molecule has 1 N–H and O–H groups in total. The Balaban J connectivity index is 2.22. The maximum Gasteiger partial charge on any atom is 0.256 e. The summed E-state index contributed by atoms with van der Waals surface area (Å²) in [6, 6.07) is 4.30. The third-order valence-corrected chi connectivity index (χ3v) is 3.06. The molecule has 0 atom stereocenters. The summed E-state index contributed by atoms with van der Waals surface area (Å²) in [5.74, 6) is 4.80. The van der Waals surface area contributed by atoms with Crippen molar-refractivity contribution in [2.75, 3.05) is 19.7 Å². The average molecular weight is 261 g/mol. The Morgan fingerprint density at radius 3 is 2.79 bits per heavy atom. The van der Waals surface area contributed by atoms with Gasteiger partial charge in [-0.2, -0.15) is 0 Å². The lowest BCUT2D eigenvalue weighted by Crippen LogP contribution is -2.28. The van der Waals surface area contributed by atoms with Crippen LogP contribution in [-0.2, 0) is 0 Å². The van der Waals surface area contributed by atoms with Gasteiger partial charge in [0, 0.05) is 25.1 Å². The summed E-state index contributed by atoms with van der Waals surface area (Å²) in [6.07, 6.45) is 2.32. The molecular formula is C15H16FNO2. The van der Waals surface area contributed by atoms with Gasteiger partial charge < -0.3 is 10.0 Å². The monoisotopic (exact) mass is 261 g/mol. The Hall–Kier alpha value is -1.86. The molecule has 100 valence electrons. The maximum absolute atomic E-state index is 13.7. The van der Waals surface area contributed by atoms with Crippen molar-refractivity contribution in [2.45, 2.75) is 19.3 Å². The molecule has 4 heteroatoms. The van der Waals surface area contributed by atoms with Gasteiger partial charge in [-0.05, 0) is 31.0 Å². The lowest BCUT2D eigenvalue weighted by atomic mass is 10.1. The number of aliphatic hydroxyl groups is 1. The molecule has 1 aromatic carbocycles. The Bertz CT molecular complexity index is 525. The predicted octanol–water partition coefficient (Wildman–Crippen LogP) is 1.80. The van der Waals surface area contributed by atoms with Gasteiger partial charge in [0.15, 0.2) is 0 Å². The largest absolute Gasteiger partial charge is 0.395 e. The van der Waals surface area contributed by atoms with E-state index in [1.54, 1.807) is 11.0 Å². The summed E-state index contributed by atoms with van der Waals surface area (Å²) < 4.78 is 13.7. The summed E-state index contributed by atoms with van der Waals surface area (Å²) in [4.78, 5) is 13.8. The average Bonchev–Trinajstić information content (AvgIpc) is 2.94. The van der Waals surface area contributed by atoms with E-state index in [0.29, 0.717) is 25.1 Å². The molecule has 1 heterocycles. The minimum atomic E-state index is -0.510. The molecule has 2 rings (SSSR count). The lowest BCUT2D eigenvalue weighted by molar-refractivity contribution is 0.0788. The molecule has 0 aromatic heterocycles. The van der Waals surface area contributed by atoms with Crippen molar-refractivity contribution in [1.82, 2.24) is 4.90 Å². The van der Waals surface area contributed by atoms with Gasteiger partial charge in [0.25, 0.3) is 5.91 Å². The Labute approximate surface area is 112 Å². The highest BCUT2D eigenvalue weighted by molar-refractivity contribution is 5.95. The minimum Gasteiger partial charge on any atom is -0.395 e. The highest BCUT2D eigenvalue weighted by atomic mass is 19.1. The summed E-state index contributed by atoms with van der Waals surface area (Å²) in [6.45, 7) is 1.38. The van der Waals surface area contributed by atoms with Crippen molar-refractivity contribution < 1.29 is 14.3 Å². The van der Waals surface area contributed by atoms with Gasteiger partial charge in [-0.25, -0.2) is 4.39 Å². The van der Waals surface area contributed by atoms with Crippen LogP contribution in [0.2, 0.25) is 0 Å². The fraction of sp³-hybridized carbons (Fsp3) is 0.400. The second-order valence-corrected chi connectivity index (χ2v) is 4.47. The number of hydrogen-bond acceptors (Lipinski definition) is 2. The number of hydrogen-bond donors (Lipinski definition) is 1. The van der Waals surface area contributed by atoms with Crippen LogP contribution in [0.3, 0.4) is 0 Å². The highest BCUT2D eigenvalue weighted by Crippen LogP contribution is 2.16. The molecule has 1 fully saturated rings. The topological polar surface area (TPSA) is 40.5 Å². The number of amides is 1. The summed E-state index contributed by atoms with van der Waals surface area (Å²) in [5, 5.41) is 8.65. The molecular weight excluding hydrogens is 245 g/mol. The molecule has 1 aliphatic heterocycles. The number of benzene rings is 1. The smallest absolute Gasteiger partial charge is 0.256 e. The van der Waals surface area contributed by atoms with Gasteiger partial charge in [-0.1, -0.05) is 11.8 Å². The van der Waals surface area contributed by atoms with E-state index in [1.165, 1.54) is 12.1 Å². The van der Waals surface area contributed by atoms with Crippen LogP contribution < -0.4 is 0 Å². The van der Waals surface area contributed by atoms with Gasteiger partial charge in [0.05, 0.1) is 12.2 Å². The Kier molecular flexibility index (Phi) is 4.53. The van der Waals surface area contributed by atoms with Crippen molar-refractivity contribution >= 4 is 5.91 Å². The summed E-state index contributed by atoms with van der Waals surface area (Å²) in [5.41, 5.74) is 0.676. The zero-order valence-corrected chi connectivity index (χ0v) is 10.7. The van der Waals surface area contributed by atoms with Gasteiger partial charge in [0.1, 0.15) is 5.82 Å². The van der Waals surface area contributed by atoms with Crippen LogP contribution >= 0.6 is 0 Å². The normalized spacial score (nSPS) is 14.1. The second kappa shape index (κ2) is 6.35. The van der Waals surface area contributed by atoms with Crippen molar-refractivity contribution in [3.63, 3.8) is 0 Å². The van der Waals surface area contributed by atoms with E-state index in [4.69, 9.17) is 5.11 Å². The zero-order chi connectivity index (χ0) is 13.7. The quantitative estimate of drug-likeness (QED) is 0.825. The summed E-state index contributed by atoms with van der Waals surface area (Å²) >= 11 is 0. The number of likely N-dealkylation sites (tertiary alicyclic amines) is 1. The van der Waals surface area contributed by atoms with E-state index in [-0.39, 0.29) is 18.1 Å². The van der Waals surface area contributed by atoms with Crippen molar-refractivity contribution in [3.05, 3.63) is 35.1 Å². The molecule has 0 aliphatic carbocycles. The molecule has 1 aromatic rings. The number of carbonyl (C=O) groups is 1. The van der Waals surface area contributed by atoms with Gasteiger partial charge in [-0.15, -0.1) is 0 Å². The predicted molar refractivity (Wildman–Crippen MR) is 70.1 cm³/mol. The molecule has 1 amide bonds. The number of nitrogens with zero attached hydrogens (tertiary/aromatic N) is 1. The van der Waals surface area contributed by atoms with E-state index in [1.807, 2.05) is 0 Å². The van der Waals surface area contributed by atoms with E-state index in [0.717, 1.165) is 12.8 Å². The first-order chi connectivity index (χ1) is 9.22. The second-order valence-electron chi connectivity index (χ2n) is 4.47. The zero-order valence-electron chi connectivity index (χ0n) is 10.7. The molecule has 1 aliphatic rings. The third-order valence-electron chi connectivity index (χ3n) is 3.06. The van der Waals surface area contributed by atoms with Crippen LogP contribution in [0.15, 0.2) is 18.2 Å². The van der Waals surface area contributed by atoms with E-state index in [9.17, 15) is 9.18 Å². The number of halogens is 1. The van der Waals surface area contributed by atoms with Gasteiger partial charge in [-0.3, -0.25) is 4.79 Å². The van der Waals surface area contributed by atoms with E-state index < -0.39 is 5.82 Å². The SMILES string of the molecule is O=C(c1cc(C#CCCO)ccc1F)N1CCCC1. The lowest BCUT2D eigenvalue weighted by Gasteiger charge is -2.15. The van der Waals surface area contributed by atoms with Crippen molar-refractivity contribution in [3.8, 4) is 11.8 Å². The third kappa shape index (κ3) is 3.33. The van der Waals surface area contributed by atoms with Crippen LogP contribution in [0.25, 0.3) is 0 Å². The number of carbonyl (C=O) groups excluding carboxylic acids is 1. The molecule has 0 saturated carbocycles. The number of aliphatic hydroxyl groups excluding tert-OH is 1. The van der Waals surface area contributed by atoms with Crippen LogP contribution in [0.4, 0.5) is 4.39 Å². The minimum absolute atomic E-state index is 0.00619. The molecule has 1 saturated heterocycles. The van der Waals surface area contributed by atoms with Gasteiger partial charge in [0.2, 0.25) is 0 Å². The fourth-order valence-electron chi connectivity index (χ4n) is 2.08. The van der Waals surface area contributed by atoms with Crippen LogP contribution in [0.5, 0.6) is 0 Å². The van der Waals surface area contributed by atoms with E-state index >= 15 is 0 Å². The van der Waals surface area contributed by atoms with E-state index in [2.05, 4.69) is 11.8 Å². The maximum atomic E-state index is 13.7. The molecule has 19 heavy (non-hydrogen) atoms. The first-order valence-corrected chi connectivity index (χ1v) is 6.41. The summed E-state index contributed by atoms with van der Waals surface area (Å²) in [7, 11) is 0. The fourth-order valence-corrected chi connectivity index (χ4v) is 2.08. The first-order valence-electron chi connectivity index (χ1n) is 6.41. The van der Waals surface area contributed by atoms with Gasteiger partial charge >= 0.3 is 0 Å². The molecule has 0 radical (unpaired) electrons. The van der Waals surface area contributed by atoms with Crippen molar-refractivity contribution in [2.24, 2.45) is 0 Å². The Morgan fingerprint density at radius 1 is 1.37 bits per heavy atom. The van der Waals surface area contributed by atoms with Crippen LogP contribution in [0, 0.1) is 17.7 Å². The highest BCUT2D eigenvalue weighted by Gasteiger charge is 2.22. The molecule has 0 bridgehead atoms. The van der Waals surface area contributed by atoms with Crippen LogP contribution in [-0.4, -0.2) is 35.6 Å². The first kappa shape index (κ1) is 13.6. The molecule has 0 unspecified atom stereocenters. The van der Waals surface area contributed by atoms with Crippen LogP contribution in [0.1, 0.15) is 35.2 Å².